The van der Waals surface area contributed by atoms with E-state index in [-0.39, 0.29) is 17.1 Å². The van der Waals surface area contributed by atoms with Crippen LogP contribution >= 0.6 is 46.4 Å². The van der Waals surface area contributed by atoms with Crippen molar-refractivity contribution in [1.29, 1.82) is 0 Å². The molecule has 73 heavy (non-hydrogen) atoms. The predicted octanol–water partition coefficient (Wildman–Crippen LogP) is 17.4. The molecule has 2 aliphatic rings. The summed E-state index contributed by atoms with van der Waals surface area (Å²) < 4.78 is 26.0. The number of halogens is 4. The van der Waals surface area contributed by atoms with Gasteiger partial charge in [-0.25, -0.2) is 9.97 Å². The van der Waals surface area contributed by atoms with Crippen LogP contribution in [-0.4, -0.2) is 46.4 Å². The molecule has 2 aliphatic heterocycles. The van der Waals surface area contributed by atoms with Crippen molar-refractivity contribution in [2.45, 2.75) is 25.7 Å². The zero-order valence-corrected chi connectivity index (χ0v) is 43.4. The molecule has 5 heterocycles. The number of fused-ring (bicyclic) bond motifs is 8. The standard InChI is InChI=1S/C60H50Cl4N4O4.Cu/c61-33-9-13-37-69-53-21-5-1-17-41(53)57-45-25-27-47(65-45)58(42-18-2-6-22-54(42)70-38-14-10-34-62)49-29-31-51(67-49)60(44-20-4-8-24-56(44)72-40-16-12-36-64)52-32-30-50(68-52)59(48-28-26-46(57)66-48)43-19-3-7-23-55(43)71-39-15-11-35-63;/h1-12,17-36,65,68H,13-16,37-40H2;. The van der Waals surface area contributed by atoms with Gasteiger partial charge in [-0.1, -0.05) is 144 Å². The van der Waals surface area contributed by atoms with Gasteiger partial charge in [0.25, 0.3) is 0 Å². The first-order valence-electron chi connectivity index (χ1n) is 23.7. The third-order valence-electron chi connectivity index (χ3n) is 11.9. The number of nitrogens with zero attached hydrogens (tertiary/aromatic N) is 2. The van der Waals surface area contributed by atoms with Crippen molar-refractivity contribution in [1.82, 2.24) is 19.9 Å². The number of rotatable bonds is 20. The molecular formula is C60H50Cl4CuN4O4. The van der Waals surface area contributed by atoms with E-state index in [0.29, 0.717) is 75.1 Å². The van der Waals surface area contributed by atoms with Crippen molar-refractivity contribution in [3.8, 4) is 67.5 Å². The number of hydrogen-bond donors (Lipinski definition) is 2. The number of H-pyrrole nitrogens is 2. The Morgan fingerprint density at radius 2 is 0.575 bits per heavy atom. The Labute approximate surface area is 455 Å². The average Bonchev–Trinajstić information content (AvgIpc) is 4.27. The second kappa shape index (κ2) is 26.3. The second-order valence-corrected chi connectivity index (χ2v) is 17.5. The van der Waals surface area contributed by atoms with Gasteiger partial charge in [0, 0.05) is 131 Å². The Kier molecular flexibility index (Phi) is 19.0. The van der Waals surface area contributed by atoms with Gasteiger partial charge in [-0.05, 0) is 72.8 Å². The van der Waals surface area contributed by atoms with Crippen LogP contribution in [0.1, 0.15) is 48.5 Å². The number of benzene rings is 4. The van der Waals surface area contributed by atoms with Crippen molar-refractivity contribution in [2.24, 2.45) is 0 Å². The minimum atomic E-state index is 0. The van der Waals surface area contributed by atoms with E-state index in [1.54, 1.807) is 0 Å². The summed E-state index contributed by atoms with van der Waals surface area (Å²) >= 11 is 23.6. The second-order valence-electron chi connectivity index (χ2n) is 16.5. The Bertz CT molecular complexity index is 2970. The average molecular weight is 1100 g/mol. The van der Waals surface area contributed by atoms with Crippen LogP contribution in [0.5, 0.6) is 23.0 Å². The number of nitrogens with one attached hydrogen (secondary N) is 2. The molecule has 1 radical (unpaired) electrons. The number of para-hydroxylation sites is 4. The summed E-state index contributed by atoms with van der Waals surface area (Å²) in [6.07, 6.45) is 18.3. The minimum absolute atomic E-state index is 0. The molecule has 4 aromatic carbocycles. The SMILES string of the molecule is ClC=CCCOc1ccccc1-c1c2nc(c(-c3ccccc3OCCC=CCl)c3ccc([nH]3)c(-c3ccccc3OCCC=CCl)c3nc(c(-c4ccccc4OCCC=CCl)c4ccc1[nH]4)C=C3)C=C2.[Cu]. The summed E-state index contributed by atoms with van der Waals surface area (Å²) in [5.41, 5.74) is 19.0. The van der Waals surface area contributed by atoms with Crippen LogP contribution in [0.4, 0.5) is 0 Å². The van der Waals surface area contributed by atoms with E-state index in [2.05, 4.69) is 82.8 Å². The number of aromatic nitrogens is 4. The maximum atomic E-state index is 6.50. The Morgan fingerprint density at radius 1 is 0.342 bits per heavy atom. The first-order valence-corrected chi connectivity index (χ1v) is 25.4. The summed E-state index contributed by atoms with van der Waals surface area (Å²) in [5.74, 6) is 2.81. The Hall–Kier alpha value is -6.68. The molecular weight excluding hydrogens is 1050 g/mol. The van der Waals surface area contributed by atoms with Crippen LogP contribution in [0.15, 0.2) is 168 Å². The van der Waals surface area contributed by atoms with Gasteiger partial charge in [0.15, 0.2) is 0 Å². The summed E-state index contributed by atoms with van der Waals surface area (Å²) in [6, 6.07) is 40.5. The number of aromatic amines is 2. The van der Waals surface area contributed by atoms with Gasteiger partial charge in [-0.15, -0.1) is 0 Å². The fourth-order valence-corrected chi connectivity index (χ4v) is 9.24. The molecule has 7 aromatic rings. The van der Waals surface area contributed by atoms with Crippen molar-refractivity contribution in [3.05, 3.63) is 191 Å². The third kappa shape index (κ3) is 12.4. The topological polar surface area (TPSA) is 94.3 Å². The first-order chi connectivity index (χ1) is 35.6. The van der Waals surface area contributed by atoms with E-state index in [9.17, 15) is 0 Å². The van der Waals surface area contributed by atoms with Gasteiger partial charge in [0.2, 0.25) is 0 Å². The predicted molar refractivity (Wildman–Crippen MR) is 301 cm³/mol. The molecule has 0 spiro atoms. The van der Waals surface area contributed by atoms with Crippen LogP contribution in [0.25, 0.3) is 90.9 Å². The van der Waals surface area contributed by atoms with E-state index in [0.717, 1.165) is 89.4 Å². The molecule has 0 saturated heterocycles. The molecule has 0 fully saturated rings. The van der Waals surface area contributed by atoms with Gasteiger partial charge in [-0.3, -0.25) is 0 Å². The number of hydrogen-bond acceptors (Lipinski definition) is 6. The molecule has 3 aromatic heterocycles. The van der Waals surface area contributed by atoms with E-state index in [1.807, 2.05) is 97.1 Å². The molecule has 9 rings (SSSR count). The van der Waals surface area contributed by atoms with Crippen molar-refractivity contribution in [2.75, 3.05) is 26.4 Å². The fourth-order valence-electron chi connectivity index (χ4n) is 8.73. The quantitative estimate of drug-likeness (QED) is 0.0583. The smallest absolute Gasteiger partial charge is 0.127 e. The van der Waals surface area contributed by atoms with Crippen LogP contribution in [0, 0.1) is 0 Å². The first kappa shape index (κ1) is 52.6. The van der Waals surface area contributed by atoms with Crippen LogP contribution < -0.4 is 18.9 Å². The zero-order valence-electron chi connectivity index (χ0n) is 39.5. The normalized spacial score (nSPS) is 12.1. The van der Waals surface area contributed by atoms with Crippen LogP contribution in [0.3, 0.4) is 0 Å². The van der Waals surface area contributed by atoms with E-state index in [4.69, 9.17) is 75.3 Å². The molecule has 13 heteroatoms. The third-order valence-corrected chi connectivity index (χ3v) is 12.6. The Morgan fingerprint density at radius 3 is 0.808 bits per heavy atom. The molecule has 8 bridgehead atoms. The summed E-state index contributed by atoms with van der Waals surface area (Å²) in [5, 5.41) is 0. The van der Waals surface area contributed by atoms with Crippen molar-refractivity contribution < 1.29 is 36.0 Å². The number of ether oxygens (including phenoxy) is 4. The molecule has 0 unspecified atom stereocenters. The van der Waals surface area contributed by atoms with E-state index < -0.39 is 0 Å². The Balaban J connectivity index is 0.00000711. The van der Waals surface area contributed by atoms with Crippen LogP contribution in [-0.2, 0) is 17.1 Å². The molecule has 373 valence electrons. The van der Waals surface area contributed by atoms with Gasteiger partial charge in [0.05, 0.1) is 49.2 Å². The maximum Gasteiger partial charge on any atom is 0.127 e. The molecule has 2 N–H and O–H groups in total. The zero-order chi connectivity index (χ0) is 49.5. The van der Waals surface area contributed by atoms with Crippen molar-refractivity contribution >= 4 is 92.8 Å². The largest absolute Gasteiger partial charge is 0.493 e. The fraction of sp³-hybridized carbons (Fsp3) is 0.133. The summed E-state index contributed by atoms with van der Waals surface area (Å²) in [4.78, 5) is 18.8. The molecule has 0 aliphatic carbocycles. The van der Waals surface area contributed by atoms with Crippen molar-refractivity contribution in [3.63, 3.8) is 0 Å². The maximum absolute atomic E-state index is 6.50. The van der Waals surface area contributed by atoms with E-state index in [1.165, 1.54) is 22.1 Å². The van der Waals surface area contributed by atoms with Gasteiger partial charge < -0.3 is 28.9 Å². The van der Waals surface area contributed by atoms with Gasteiger partial charge in [0.1, 0.15) is 23.0 Å². The summed E-state index contributed by atoms with van der Waals surface area (Å²) in [6.45, 7) is 1.70. The van der Waals surface area contributed by atoms with Crippen LogP contribution in [0.2, 0.25) is 0 Å². The summed E-state index contributed by atoms with van der Waals surface area (Å²) in [7, 11) is 0. The monoisotopic (exact) mass is 1090 g/mol. The minimum Gasteiger partial charge on any atom is -0.493 e. The van der Waals surface area contributed by atoms with Gasteiger partial charge >= 0.3 is 0 Å². The molecule has 0 amide bonds. The van der Waals surface area contributed by atoms with E-state index >= 15 is 0 Å². The molecule has 0 saturated carbocycles. The van der Waals surface area contributed by atoms with Gasteiger partial charge in [-0.2, -0.15) is 0 Å². The molecule has 8 nitrogen and oxygen atoms in total. The molecule has 0 atom stereocenters.